The Morgan fingerprint density at radius 3 is 2.94 bits per heavy atom. The molecule has 1 aromatic carbocycles. The van der Waals surface area contributed by atoms with Crippen LogP contribution in [-0.2, 0) is 11.2 Å². The van der Waals surface area contributed by atoms with Gasteiger partial charge in [-0.2, -0.15) is 4.98 Å². The summed E-state index contributed by atoms with van der Waals surface area (Å²) in [6.45, 7) is 3.19. The minimum atomic E-state index is 0.413. The van der Waals surface area contributed by atoms with Gasteiger partial charge in [-0.3, -0.25) is 0 Å². The van der Waals surface area contributed by atoms with Crippen LogP contribution in [0.25, 0.3) is 11.5 Å². The first kappa shape index (κ1) is 12.9. The molecule has 0 aliphatic rings. The highest BCUT2D eigenvalue weighted by Gasteiger charge is 2.10. The smallest absolute Gasteiger partial charge is 0.258 e. The number of nitrogen functional groups attached to an aromatic ring is 1. The van der Waals surface area contributed by atoms with E-state index >= 15 is 0 Å². The molecule has 0 amide bonds. The molecule has 2 aromatic rings. The SMILES string of the molecule is CCOCCc1noc(-c2cc(N)cc(Cl)c2)n1. The molecule has 0 unspecified atom stereocenters. The molecule has 96 valence electrons. The Bertz CT molecular complexity index is 508. The minimum absolute atomic E-state index is 0.413. The van der Waals surface area contributed by atoms with Crippen molar-refractivity contribution in [3.63, 3.8) is 0 Å². The lowest BCUT2D eigenvalue weighted by molar-refractivity contribution is 0.149. The Hall–Kier alpha value is -1.59. The molecule has 1 heterocycles. The highest BCUT2D eigenvalue weighted by molar-refractivity contribution is 6.31. The molecule has 0 aliphatic carbocycles. The van der Waals surface area contributed by atoms with Gasteiger partial charge in [-0.15, -0.1) is 0 Å². The van der Waals surface area contributed by atoms with Gasteiger partial charge in [0.25, 0.3) is 5.89 Å². The predicted molar refractivity (Wildman–Crippen MR) is 69.4 cm³/mol. The molecule has 0 saturated heterocycles. The Balaban J connectivity index is 2.13. The Morgan fingerprint density at radius 2 is 2.22 bits per heavy atom. The fourth-order valence-electron chi connectivity index (χ4n) is 1.52. The molecular formula is C12H14ClN3O2. The number of hydrogen-bond acceptors (Lipinski definition) is 5. The first-order chi connectivity index (χ1) is 8.69. The molecule has 0 spiro atoms. The number of nitrogens with zero attached hydrogens (tertiary/aromatic N) is 2. The summed E-state index contributed by atoms with van der Waals surface area (Å²) in [4.78, 5) is 4.26. The summed E-state index contributed by atoms with van der Waals surface area (Å²) >= 11 is 5.92. The van der Waals surface area contributed by atoms with Crippen LogP contribution in [0, 0.1) is 0 Å². The fraction of sp³-hybridized carbons (Fsp3) is 0.333. The third-order valence-corrected chi connectivity index (χ3v) is 2.53. The van der Waals surface area contributed by atoms with Crippen molar-refractivity contribution >= 4 is 17.3 Å². The molecule has 0 fully saturated rings. The lowest BCUT2D eigenvalue weighted by atomic mass is 10.2. The van der Waals surface area contributed by atoms with Gasteiger partial charge in [0.2, 0.25) is 0 Å². The van der Waals surface area contributed by atoms with Gasteiger partial charge in [-0.05, 0) is 25.1 Å². The van der Waals surface area contributed by atoms with Crippen LogP contribution < -0.4 is 5.73 Å². The minimum Gasteiger partial charge on any atom is -0.399 e. The second kappa shape index (κ2) is 5.84. The second-order valence-corrected chi connectivity index (χ2v) is 4.17. The van der Waals surface area contributed by atoms with E-state index in [0.29, 0.717) is 42.1 Å². The molecular weight excluding hydrogens is 254 g/mol. The first-order valence-corrected chi connectivity index (χ1v) is 6.03. The van der Waals surface area contributed by atoms with Crippen molar-refractivity contribution in [1.82, 2.24) is 10.1 Å². The number of hydrogen-bond donors (Lipinski definition) is 1. The molecule has 0 atom stereocenters. The van der Waals surface area contributed by atoms with Crippen LogP contribution >= 0.6 is 11.6 Å². The van der Waals surface area contributed by atoms with E-state index in [1.807, 2.05) is 6.92 Å². The Labute approximate surface area is 110 Å². The molecule has 6 heteroatoms. The molecule has 5 nitrogen and oxygen atoms in total. The summed E-state index contributed by atoms with van der Waals surface area (Å²) in [6.07, 6.45) is 0.618. The summed E-state index contributed by atoms with van der Waals surface area (Å²) < 4.78 is 10.4. The van der Waals surface area contributed by atoms with Crippen LogP contribution in [0.1, 0.15) is 12.7 Å². The van der Waals surface area contributed by atoms with Gasteiger partial charge in [-0.1, -0.05) is 16.8 Å². The Kier molecular flexibility index (Phi) is 4.17. The van der Waals surface area contributed by atoms with Crippen molar-refractivity contribution in [1.29, 1.82) is 0 Å². The van der Waals surface area contributed by atoms with Crippen molar-refractivity contribution in [3.05, 3.63) is 29.0 Å². The van der Waals surface area contributed by atoms with Crippen LogP contribution in [-0.4, -0.2) is 23.4 Å². The van der Waals surface area contributed by atoms with E-state index in [1.54, 1.807) is 18.2 Å². The van der Waals surface area contributed by atoms with Crippen LogP contribution in [0.2, 0.25) is 5.02 Å². The summed E-state index contributed by atoms with van der Waals surface area (Å²) in [5.41, 5.74) is 6.99. The van der Waals surface area contributed by atoms with Gasteiger partial charge in [0.1, 0.15) is 0 Å². The average molecular weight is 268 g/mol. The summed E-state index contributed by atoms with van der Waals surface area (Å²) in [5.74, 6) is 1.02. The predicted octanol–water partition coefficient (Wildman–Crippen LogP) is 2.55. The van der Waals surface area contributed by atoms with Crippen molar-refractivity contribution in [2.75, 3.05) is 18.9 Å². The molecule has 2 N–H and O–H groups in total. The van der Waals surface area contributed by atoms with Crippen LogP contribution in [0.15, 0.2) is 22.7 Å². The van der Waals surface area contributed by atoms with Gasteiger partial charge in [0, 0.05) is 29.3 Å². The standard InChI is InChI=1S/C12H14ClN3O2/c1-2-17-4-3-11-15-12(18-16-11)8-5-9(13)7-10(14)6-8/h5-7H,2-4,14H2,1H3. The molecule has 0 aliphatic heterocycles. The number of aromatic nitrogens is 2. The van der Waals surface area contributed by atoms with Crippen molar-refractivity contribution in [2.45, 2.75) is 13.3 Å². The maximum atomic E-state index is 5.92. The molecule has 2 rings (SSSR count). The van der Waals surface area contributed by atoms with Crippen molar-refractivity contribution in [2.24, 2.45) is 0 Å². The van der Waals surface area contributed by atoms with Crippen molar-refractivity contribution in [3.8, 4) is 11.5 Å². The van der Waals surface area contributed by atoms with Gasteiger partial charge in [0.05, 0.1) is 6.61 Å². The third kappa shape index (κ3) is 3.21. The average Bonchev–Trinajstić information content (AvgIpc) is 2.77. The molecule has 1 aromatic heterocycles. The van der Waals surface area contributed by atoms with Crippen molar-refractivity contribution < 1.29 is 9.26 Å². The number of ether oxygens (including phenoxy) is 1. The zero-order chi connectivity index (χ0) is 13.0. The van der Waals surface area contributed by atoms with Gasteiger partial charge in [0.15, 0.2) is 5.82 Å². The maximum absolute atomic E-state index is 5.92. The van der Waals surface area contributed by atoms with Gasteiger partial charge >= 0.3 is 0 Å². The molecule has 0 bridgehead atoms. The van der Waals surface area contributed by atoms with Gasteiger partial charge in [-0.25, -0.2) is 0 Å². The van der Waals surface area contributed by atoms with Crippen LogP contribution in [0.5, 0.6) is 0 Å². The number of anilines is 1. The van der Waals surface area contributed by atoms with Gasteiger partial charge < -0.3 is 15.0 Å². The monoisotopic (exact) mass is 267 g/mol. The molecule has 0 saturated carbocycles. The quantitative estimate of drug-likeness (QED) is 0.666. The van der Waals surface area contributed by atoms with E-state index in [2.05, 4.69) is 10.1 Å². The number of halogens is 1. The normalized spacial score (nSPS) is 10.8. The number of rotatable bonds is 5. The van der Waals surface area contributed by atoms with E-state index in [4.69, 9.17) is 26.6 Å². The van der Waals surface area contributed by atoms with E-state index in [0.717, 1.165) is 5.56 Å². The molecule has 18 heavy (non-hydrogen) atoms. The van der Waals surface area contributed by atoms with E-state index in [9.17, 15) is 0 Å². The summed E-state index contributed by atoms with van der Waals surface area (Å²) in [7, 11) is 0. The van der Waals surface area contributed by atoms with Crippen LogP contribution in [0.4, 0.5) is 5.69 Å². The number of benzene rings is 1. The zero-order valence-electron chi connectivity index (χ0n) is 10.0. The van der Waals surface area contributed by atoms with Crippen LogP contribution in [0.3, 0.4) is 0 Å². The topological polar surface area (TPSA) is 74.2 Å². The fourth-order valence-corrected chi connectivity index (χ4v) is 1.76. The van der Waals surface area contributed by atoms with E-state index < -0.39 is 0 Å². The first-order valence-electron chi connectivity index (χ1n) is 5.66. The Morgan fingerprint density at radius 1 is 1.39 bits per heavy atom. The number of nitrogens with two attached hydrogens (primary N) is 1. The lowest BCUT2D eigenvalue weighted by Crippen LogP contribution is -1.99. The zero-order valence-corrected chi connectivity index (χ0v) is 10.8. The third-order valence-electron chi connectivity index (χ3n) is 2.31. The second-order valence-electron chi connectivity index (χ2n) is 3.74. The highest BCUT2D eigenvalue weighted by atomic mass is 35.5. The summed E-state index contributed by atoms with van der Waals surface area (Å²) in [6, 6.07) is 5.14. The lowest BCUT2D eigenvalue weighted by Gasteiger charge is -1.98. The largest absolute Gasteiger partial charge is 0.399 e. The van der Waals surface area contributed by atoms with E-state index in [1.165, 1.54) is 0 Å². The highest BCUT2D eigenvalue weighted by Crippen LogP contribution is 2.24. The van der Waals surface area contributed by atoms with E-state index in [-0.39, 0.29) is 0 Å². The molecule has 0 radical (unpaired) electrons. The summed E-state index contributed by atoms with van der Waals surface area (Å²) in [5, 5.41) is 4.41. The maximum Gasteiger partial charge on any atom is 0.258 e.